The molecule has 0 saturated heterocycles. The molecule has 0 fully saturated rings. The van der Waals surface area contributed by atoms with Gasteiger partial charge in [0.05, 0.1) is 18.9 Å². The average molecular weight is 479 g/mol. The molecule has 0 radical (unpaired) electrons. The van der Waals surface area contributed by atoms with Gasteiger partial charge in [0, 0.05) is 33.8 Å². The van der Waals surface area contributed by atoms with Gasteiger partial charge in [-0.15, -0.1) is 0 Å². The monoisotopic (exact) mass is 479 g/mol. The van der Waals surface area contributed by atoms with Crippen LogP contribution in [-0.4, -0.2) is 13.0 Å². The van der Waals surface area contributed by atoms with Gasteiger partial charge < -0.3 is 14.5 Å². The quantitative estimate of drug-likeness (QED) is 0.297. The summed E-state index contributed by atoms with van der Waals surface area (Å²) in [7, 11) is 1.54. The van der Waals surface area contributed by atoms with Crippen LogP contribution in [0.5, 0.6) is 5.75 Å². The molecule has 0 spiro atoms. The molecule has 1 N–H and O–H groups in total. The number of alkyl halides is 3. The summed E-state index contributed by atoms with van der Waals surface area (Å²) in [5.41, 5.74) is 5.02. The number of carbonyl (C=O) groups is 1. The lowest BCUT2D eigenvalue weighted by Gasteiger charge is -2.14. The van der Waals surface area contributed by atoms with E-state index in [1.165, 1.54) is 25.3 Å². The maximum atomic E-state index is 13.0. The zero-order valence-electron chi connectivity index (χ0n) is 19.7. The second-order valence-corrected chi connectivity index (χ2v) is 8.37. The number of rotatable bonds is 5. The molecule has 0 bridgehead atoms. The van der Waals surface area contributed by atoms with Gasteiger partial charge in [0.15, 0.2) is 0 Å². The maximum absolute atomic E-state index is 13.0. The fourth-order valence-electron chi connectivity index (χ4n) is 4.05. The highest BCUT2D eigenvalue weighted by atomic mass is 19.4. The number of methoxy groups -OCH3 is 1. The number of hydrogen-bond acceptors (Lipinski definition) is 3. The zero-order valence-corrected chi connectivity index (χ0v) is 19.7. The third kappa shape index (κ3) is 4.94. The number of carbonyl (C=O) groups excluding carboxylic acids is 1. The predicted molar refractivity (Wildman–Crippen MR) is 131 cm³/mol. The Labute approximate surface area is 201 Å². The van der Waals surface area contributed by atoms with E-state index in [4.69, 9.17) is 9.15 Å². The molecule has 0 aliphatic carbocycles. The van der Waals surface area contributed by atoms with E-state index in [1.807, 2.05) is 44.2 Å². The Balaban J connectivity index is 1.72. The van der Waals surface area contributed by atoms with E-state index in [9.17, 15) is 18.0 Å². The molecule has 1 amide bonds. The molecule has 1 heterocycles. The van der Waals surface area contributed by atoms with Gasteiger partial charge in [-0.1, -0.05) is 35.9 Å². The third-order valence-electron chi connectivity index (χ3n) is 5.84. The molecule has 4 rings (SSSR count). The SMILES string of the molecule is COc1c(/C(C)=C/C(=O)Nc2cccc(C(F)(F)F)c2)cc2c(-c3ccc(C)cc3)coc2c1C. The van der Waals surface area contributed by atoms with Gasteiger partial charge in [-0.3, -0.25) is 4.79 Å². The Morgan fingerprint density at radius 3 is 2.43 bits per heavy atom. The van der Waals surface area contributed by atoms with Crippen molar-refractivity contribution in [1.29, 1.82) is 0 Å². The van der Waals surface area contributed by atoms with E-state index in [2.05, 4.69) is 5.32 Å². The number of allylic oxidation sites excluding steroid dienone is 1. The average Bonchev–Trinajstić information content (AvgIpc) is 3.23. The van der Waals surface area contributed by atoms with Crippen LogP contribution in [0.2, 0.25) is 0 Å². The maximum Gasteiger partial charge on any atom is 0.416 e. The summed E-state index contributed by atoms with van der Waals surface area (Å²) in [5, 5.41) is 3.38. The molecule has 0 aliphatic rings. The summed E-state index contributed by atoms with van der Waals surface area (Å²) >= 11 is 0. The van der Waals surface area contributed by atoms with Crippen molar-refractivity contribution in [3.05, 3.63) is 89.2 Å². The molecule has 35 heavy (non-hydrogen) atoms. The Kier molecular flexibility index (Phi) is 6.43. The smallest absolute Gasteiger partial charge is 0.416 e. The summed E-state index contributed by atoms with van der Waals surface area (Å²) in [6.45, 7) is 5.65. The van der Waals surface area contributed by atoms with Gasteiger partial charge in [-0.25, -0.2) is 0 Å². The first-order valence-corrected chi connectivity index (χ1v) is 10.9. The summed E-state index contributed by atoms with van der Waals surface area (Å²) in [6, 6.07) is 14.5. The van der Waals surface area contributed by atoms with Crippen LogP contribution in [0.1, 0.15) is 29.2 Å². The first kappa shape index (κ1) is 24.1. The molecule has 0 unspecified atom stereocenters. The largest absolute Gasteiger partial charge is 0.496 e. The summed E-state index contributed by atoms with van der Waals surface area (Å²) in [4.78, 5) is 12.6. The molecular weight excluding hydrogens is 455 g/mol. The van der Waals surface area contributed by atoms with Crippen molar-refractivity contribution < 1.29 is 27.1 Å². The summed E-state index contributed by atoms with van der Waals surface area (Å²) in [6.07, 6.45) is -1.45. The number of halogens is 3. The highest BCUT2D eigenvalue weighted by Crippen LogP contribution is 2.40. The number of amides is 1. The lowest BCUT2D eigenvalue weighted by molar-refractivity contribution is -0.137. The van der Waals surface area contributed by atoms with Crippen molar-refractivity contribution in [3.8, 4) is 16.9 Å². The van der Waals surface area contributed by atoms with E-state index >= 15 is 0 Å². The molecule has 4 aromatic rings. The number of benzene rings is 3. The van der Waals surface area contributed by atoms with Gasteiger partial charge >= 0.3 is 6.18 Å². The van der Waals surface area contributed by atoms with Crippen LogP contribution in [0.25, 0.3) is 27.7 Å². The van der Waals surface area contributed by atoms with E-state index in [1.54, 1.807) is 13.2 Å². The molecule has 180 valence electrons. The van der Waals surface area contributed by atoms with Crippen LogP contribution in [0, 0.1) is 13.8 Å². The van der Waals surface area contributed by atoms with Gasteiger partial charge in [0.1, 0.15) is 11.3 Å². The van der Waals surface area contributed by atoms with Gasteiger partial charge in [-0.2, -0.15) is 13.2 Å². The summed E-state index contributed by atoms with van der Waals surface area (Å²) < 4.78 is 50.5. The number of anilines is 1. The van der Waals surface area contributed by atoms with E-state index < -0.39 is 17.6 Å². The number of fused-ring (bicyclic) bond motifs is 1. The lowest BCUT2D eigenvalue weighted by Crippen LogP contribution is -2.11. The highest BCUT2D eigenvalue weighted by Gasteiger charge is 2.30. The van der Waals surface area contributed by atoms with Crippen LogP contribution in [0.15, 0.2) is 71.4 Å². The Morgan fingerprint density at radius 1 is 1.06 bits per heavy atom. The molecule has 0 atom stereocenters. The predicted octanol–water partition coefficient (Wildman–Crippen LogP) is 7.79. The molecule has 4 nitrogen and oxygen atoms in total. The lowest BCUT2D eigenvalue weighted by atomic mass is 9.96. The topological polar surface area (TPSA) is 51.5 Å². The molecule has 1 aromatic heterocycles. The van der Waals surface area contributed by atoms with Crippen LogP contribution >= 0.6 is 0 Å². The number of nitrogens with one attached hydrogen (secondary N) is 1. The molecule has 0 aliphatic heterocycles. The van der Waals surface area contributed by atoms with Crippen LogP contribution < -0.4 is 10.1 Å². The second kappa shape index (κ2) is 9.33. The normalized spacial score (nSPS) is 12.1. The Hall–Kier alpha value is -4.00. The fourth-order valence-corrected chi connectivity index (χ4v) is 4.05. The third-order valence-corrected chi connectivity index (χ3v) is 5.84. The van der Waals surface area contributed by atoms with Crippen LogP contribution in [0.3, 0.4) is 0 Å². The van der Waals surface area contributed by atoms with Gasteiger partial charge in [-0.05, 0) is 56.2 Å². The number of ether oxygens (including phenoxy) is 1. The molecular formula is C28H24F3NO3. The first-order valence-electron chi connectivity index (χ1n) is 10.9. The van der Waals surface area contributed by atoms with Crippen molar-refractivity contribution in [3.63, 3.8) is 0 Å². The van der Waals surface area contributed by atoms with E-state index in [-0.39, 0.29) is 5.69 Å². The Morgan fingerprint density at radius 2 is 1.77 bits per heavy atom. The first-order chi connectivity index (χ1) is 16.6. The highest BCUT2D eigenvalue weighted by molar-refractivity contribution is 6.06. The Bertz CT molecular complexity index is 1430. The minimum Gasteiger partial charge on any atom is -0.496 e. The van der Waals surface area contributed by atoms with Gasteiger partial charge in [0.2, 0.25) is 5.91 Å². The van der Waals surface area contributed by atoms with Crippen molar-refractivity contribution in [2.75, 3.05) is 12.4 Å². The van der Waals surface area contributed by atoms with E-state index in [0.717, 1.165) is 39.8 Å². The molecule has 3 aromatic carbocycles. The van der Waals surface area contributed by atoms with Crippen LogP contribution in [0.4, 0.5) is 18.9 Å². The molecule has 0 saturated carbocycles. The van der Waals surface area contributed by atoms with Crippen molar-refractivity contribution >= 4 is 28.1 Å². The standard InChI is InChI=1S/C28H24F3NO3/c1-16-8-10-19(11-9-16)24-15-35-27-18(3)26(34-4)22(14-23(24)27)17(2)12-25(33)32-21-7-5-6-20(13-21)28(29,30)31/h5-15H,1-4H3,(H,32,33)/b17-12+. The van der Waals surface area contributed by atoms with Crippen molar-refractivity contribution in [2.45, 2.75) is 26.9 Å². The minimum absolute atomic E-state index is 0.0592. The van der Waals surface area contributed by atoms with Crippen LogP contribution in [-0.2, 0) is 11.0 Å². The number of furan rings is 1. The second-order valence-electron chi connectivity index (χ2n) is 8.37. The minimum atomic E-state index is -4.49. The van der Waals surface area contributed by atoms with Crippen molar-refractivity contribution in [2.24, 2.45) is 0 Å². The zero-order chi connectivity index (χ0) is 25.3. The molecule has 7 heteroatoms. The number of hydrogen-bond donors (Lipinski definition) is 1. The summed E-state index contributed by atoms with van der Waals surface area (Å²) in [5.74, 6) is 0.00973. The van der Waals surface area contributed by atoms with Crippen molar-refractivity contribution in [1.82, 2.24) is 0 Å². The van der Waals surface area contributed by atoms with E-state index in [0.29, 0.717) is 22.5 Å². The number of aryl methyl sites for hydroxylation is 2. The van der Waals surface area contributed by atoms with Gasteiger partial charge in [0.25, 0.3) is 0 Å². The fraction of sp³-hybridized carbons (Fsp3) is 0.179.